The third kappa shape index (κ3) is 4.25. The smallest absolute Gasteiger partial charge is 0.319 e. The fraction of sp³-hybridized carbons (Fsp3) is 0.208. The van der Waals surface area contributed by atoms with Gasteiger partial charge in [-0.3, -0.25) is 0 Å². The highest BCUT2D eigenvalue weighted by atomic mass is 16.3. The Labute approximate surface area is 171 Å². The van der Waals surface area contributed by atoms with Gasteiger partial charge in [0.1, 0.15) is 0 Å². The summed E-state index contributed by atoms with van der Waals surface area (Å²) in [6, 6.07) is 25.0. The first-order chi connectivity index (χ1) is 14.1. The molecule has 0 fully saturated rings. The predicted octanol–water partition coefficient (Wildman–Crippen LogP) is 4.10. The van der Waals surface area contributed by atoms with Crippen LogP contribution in [0, 0.1) is 0 Å². The molecule has 3 aromatic rings. The summed E-state index contributed by atoms with van der Waals surface area (Å²) >= 11 is 0. The van der Waals surface area contributed by atoms with Crippen LogP contribution in [-0.2, 0) is 13.0 Å². The van der Waals surface area contributed by atoms with Crippen LogP contribution in [0.4, 0.5) is 16.2 Å². The molecular weight excluding hydrogens is 362 g/mol. The average Bonchev–Trinajstić information content (AvgIpc) is 3.04. The quantitative estimate of drug-likeness (QED) is 0.617. The van der Waals surface area contributed by atoms with Crippen LogP contribution in [0.1, 0.15) is 22.7 Å². The second kappa shape index (κ2) is 8.37. The molecule has 0 heterocycles. The van der Waals surface area contributed by atoms with Crippen molar-refractivity contribution in [1.29, 1.82) is 0 Å². The Balaban J connectivity index is 1.46. The Morgan fingerprint density at radius 2 is 1.69 bits per heavy atom. The van der Waals surface area contributed by atoms with Crippen molar-refractivity contribution in [3.8, 4) is 0 Å². The Morgan fingerprint density at radius 3 is 2.52 bits per heavy atom. The maximum Gasteiger partial charge on any atom is 0.319 e. The molecule has 4 rings (SSSR count). The molecule has 148 valence electrons. The highest BCUT2D eigenvalue weighted by molar-refractivity contribution is 5.93. The number of benzene rings is 3. The number of para-hydroxylation sites is 2. The van der Waals surface area contributed by atoms with E-state index in [2.05, 4.69) is 27.7 Å². The van der Waals surface area contributed by atoms with E-state index >= 15 is 0 Å². The molecule has 0 spiro atoms. The minimum Gasteiger partial charge on any atom is -0.390 e. The molecule has 0 saturated carbocycles. The lowest BCUT2D eigenvalue weighted by Gasteiger charge is -2.24. The topological polar surface area (TPSA) is 64.6 Å². The highest BCUT2D eigenvalue weighted by Gasteiger charge is 2.32. The molecule has 1 aliphatic carbocycles. The first-order valence-electron chi connectivity index (χ1n) is 9.79. The lowest BCUT2D eigenvalue weighted by Crippen LogP contribution is -2.37. The largest absolute Gasteiger partial charge is 0.390 e. The molecule has 0 unspecified atom stereocenters. The SMILES string of the molecule is CN(Cc1ccccc1)c1ccccc1NC(=O)N[C@@H]1c2ccccc2C[C@@H]1O. The second-order valence-electron chi connectivity index (χ2n) is 7.41. The van der Waals surface area contributed by atoms with Crippen molar-refractivity contribution in [2.24, 2.45) is 0 Å². The van der Waals surface area contributed by atoms with Gasteiger partial charge in [0.05, 0.1) is 23.5 Å². The number of amides is 2. The number of hydrogen-bond donors (Lipinski definition) is 3. The number of carbonyl (C=O) groups is 1. The summed E-state index contributed by atoms with van der Waals surface area (Å²) in [4.78, 5) is 14.8. The lowest BCUT2D eigenvalue weighted by molar-refractivity contribution is 0.144. The van der Waals surface area contributed by atoms with Gasteiger partial charge < -0.3 is 20.6 Å². The fourth-order valence-electron chi connectivity index (χ4n) is 3.90. The van der Waals surface area contributed by atoms with Crippen molar-refractivity contribution in [3.63, 3.8) is 0 Å². The standard InChI is InChI=1S/C24H25N3O2/c1-27(16-17-9-3-2-4-10-17)21-14-8-7-13-20(21)25-24(29)26-23-19-12-6-5-11-18(19)15-22(23)28/h2-14,22-23,28H,15-16H2,1H3,(H2,25,26,29)/t22-,23+/m0/s1. The molecule has 0 aromatic heterocycles. The highest BCUT2D eigenvalue weighted by Crippen LogP contribution is 2.32. The molecule has 0 radical (unpaired) electrons. The molecule has 3 aromatic carbocycles. The van der Waals surface area contributed by atoms with E-state index in [1.54, 1.807) is 0 Å². The zero-order valence-electron chi connectivity index (χ0n) is 16.4. The van der Waals surface area contributed by atoms with Crippen molar-refractivity contribution in [3.05, 3.63) is 95.6 Å². The summed E-state index contributed by atoms with van der Waals surface area (Å²) in [6.07, 6.45) is -0.0634. The predicted molar refractivity (Wildman–Crippen MR) is 116 cm³/mol. The number of anilines is 2. The number of nitrogens with one attached hydrogen (secondary N) is 2. The fourth-order valence-corrected chi connectivity index (χ4v) is 3.90. The van der Waals surface area contributed by atoms with Crippen LogP contribution in [0.5, 0.6) is 0 Å². The number of carbonyl (C=O) groups excluding carboxylic acids is 1. The van der Waals surface area contributed by atoms with Crippen molar-refractivity contribution in [2.75, 3.05) is 17.3 Å². The van der Waals surface area contributed by atoms with Gasteiger partial charge >= 0.3 is 6.03 Å². The van der Waals surface area contributed by atoms with Gasteiger partial charge in [0.2, 0.25) is 0 Å². The summed E-state index contributed by atoms with van der Waals surface area (Å²) < 4.78 is 0. The summed E-state index contributed by atoms with van der Waals surface area (Å²) in [5.74, 6) is 0. The average molecular weight is 387 g/mol. The minimum atomic E-state index is -0.617. The van der Waals surface area contributed by atoms with E-state index in [-0.39, 0.29) is 6.03 Å². The maximum absolute atomic E-state index is 12.7. The van der Waals surface area contributed by atoms with E-state index in [1.807, 2.05) is 73.8 Å². The second-order valence-corrected chi connectivity index (χ2v) is 7.41. The van der Waals surface area contributed by atoms with Crippen molar-refractivity contribution < 1.29 is 9.90 Å². The van der Waals surface area contributed by atoms with E-state index in [9.17, 15) is 9.90 Å². The van der Waals surface area contributed by atoms with E-state index < -0.39 is 12.1 Å². The number of rotatable bonds is 5. The molecule has 2 atom stereocenters. The lowest BCUT2D eigenvalue weighted by atomic mass is 10.1. The molecule has 0 bridgehead atoms. The molecule has 1 aliphatic rings. The third-order valence-electron chi connectivity index (χ3n) is 5.32. The van der Waals surface area contributed by atoms with Gasteiger partial charge in [-0.1, -0.05) is 66.7 Å². The Kier molecular flexibility index (Phi) is 5.49. The molecule has 29 heavy (non-hydrogen) atoms. The van der Waals surface area contributed by atoms with Crippen LogP contribution < -0.4 is 15.5 Å². The van der Waals surface area contributed by atoms with Crippen molar-refractivity contribution in [1.82, 2.24) is 5.32 Å². The van der Waals surface area contributed by atoms with Crippen LogP contribution in [0.3, 0.4) is 0 Å². The normalized spacial score (nSPS) is 17.4. The Bertz CT molecular complexity index is 990. The number of hydrogen-bond acceptors (Lipinski definition) is 3. The van der Waals surface area contributed by atoms with E-state index in [0.717, 1.165) is 29.0 Å². The zero-order valence-corrected chi connectivity index (χ0v) is 16.4. The third-order valence-corrected chi connectivity index (χ3v) is 5.32. The van der Waals surface area contributed by atoms with Crippen LogP contribution in [0.2, 0.25) is 0 Å². The van der Waals surface area contributed by atoms with E-state index in [4.69, 9.17) is 0 Å². The summed E-state index contributed by atoms with van der Waals surface area (Å²) in [5, 5.41) is 16.3. The van der Waals surface area contributed by atoms with Crippen molar-refractivity contribution in [2.45, 2.75) is 25.1 Å². The van der Waals surface area contributed by atoms with Crippen LogP contribution in [-0.4, -0.2) is 24.3 Å². The van der Waals surface area contributed by atoms with Gasteiger partial charge in [-0.2, -0.15) is 0 Å². The van der Waals surface area contributed by atoms with Gasteiger partial charge in [-0.15, -0.1) is 0 Å². The first kappa shape index (κ1) is 19.0. The molecule has 3 N–H and O–H groups in total. The van der Waals surface area contributed by atoms with E-state index in [0.29, 0.717) is 6.42 Å². The first-order valence-corrected chi connectivity index (χ1v) is 9.79. The molecule has 5 heteroatoms. The minimum absolute atomic E-state index is 0.327. The Morgan fingerprint density at radius 1 is 1.00 bits per heavy atom. The van der Waals surface area contributed by atoms with Crippen molar-refractivity contribution >= 4 is 17.4 Å². The van der Waals surface area contributed by atoms with Crippen LogP contribution in [0.25, 0.3) is 0 Å². The summed E-state index contributed by atoms with van der Waals surface area (Å²) in [7, 11) is 2.00. The number of aliphatic hydroxyl groups excluding tert-OH is 1. The van der Waals surface area contributed by atoms with Gasteiger partial charge in [0.15, 0.2) is 0 Å². The maximum atomic E-state index is 12.7. The zero-order chi connectivity index (χ0) is 20.2. The van der Waals surface area contributed by atoms with Gasteiger partial charge in [-0.25, -0.2) is 4.79 Å². The molecule has 5 nitrogen and oxygen atoms in total. The molecule has 0 saturated heterocycles. The molecule has 2 amide bonds. The number of nitrogens with zero attached hydrogens (tertiary/aromatic N) is 1. The van der Waals surface area contributed by atoms with Crippen LogP contribution in [0.15, 0.2) is 78.9 Å². The number of aliphatic hydroxyl groups is 1. The molecular formula is C24H25N3O2. The van der Waals surface area contributed by atoms with E-state index in [1.165, 1.54) is 5.56 Å². The Hall–Kier alpha value is -3.31. The number of fused-ring (bicyclic) bond motifs is 1. The van der Waals surface area contributed by atoms with Gasteiger partial charge in [0, 0.05) is 20.0 Å². The van der Waals surface area contributed by atoms with Gasteiger partial charge in [-0.05, 0) is 28.8 Å². The summed E-state index contributed by atoms with van der Waals surface area (Å²) in [6.45, 7) is 0.732. The summed E-state index contributed by atoms with van der Waals surface area (Å²) in [5.41, 5.74) is 4.90. The van der Waals surface area contributed by atoms with Gasteiger partial charge in [0.25, 0.3) is 0 Å². The molecule has 0 aliphatic heterocycles. The number of urea groups is 1. The monoisotopic (exact) mass is 387 g/mol. The van der Waals surface area contributed by atoms with Crippen LogP contribution >= 0.6 is 0 Å².